The second kappa shape index (κ2) is 7.96. The van der Waals surface area contributed by atoms with Gasteiger partial charge in [-0.1, -0.05) is 18.2 Å². The number of benzene rings is 2. The lowest BCUT2D eigenvalue weighted by Gasteiger charge is -2.33. The van der Waals surface area contributed by atoms with Gasteiger partial charge in [-0.3, -0.25) is 4.79 Å². The molecule has 1 unspecified atom stereocenters. The molecule has 0 aromatic heterocycles. The highest BCUT2D eigenvalue weighted by molar-refractivity contribution is 5.94. The Hall–Kier alpha value is -2.61. The van der Waals surface area contributed by atoms with Gasteiger partial charge in [0, 0.05) is 6.54 Å². The van der Waals surface area contributed by atoms with Gasteiger partial charge in [-0.2, -0.15) is 13.2 Å². The van der Waals surface area contributed by atoms with Gasteiger partial charge in [0.1, 0.15) is 24.3 Å². The lowest BCUT2D eigenvalue weighted by Crippen LogP contribution is -2.47. The highest BCUT2D eigenvalue weighted by atomic mass is 19.4. The van der Waals surface area contributed by atoms with Crippen molar-refractivity contribution >= 4 is 5.91 Å². The Kier molecular flexibility index (Phi) is 5.65. The van der Waals surface area contributed by atoms with E-state index in [1.54, 1.807) is 6.07 Å². The van der Waals surface area contributed by atoms with E-state index >= 15 is 0 Å². The maximum absolute atomic E-state index is 13.8. The Morgan fingerprint density at radius 3 is 2.70 bits per heavy atom. The first-order valence-corrected chi connectivity index (χ1v) is 8.30. The summed E-state index contributed by atoms with van der Waals surface area (Å²) in [7, 11) is 0. The second-order valence-corrected chi connectivity index (χ2v) is 6.06. The van der Waals surface area contributed by atoms with E-state index in [-0.39, 0.29) is 31.1 Å². The molecule has 144 valence electrons. The molecule has 0 radical (unpaired) electrons. The quantitative estimate of drug-likeness (QED) is 0.755. The van der Waals surface area contributed by atoms with E-state index in [4.69, 9.17) is 9.47 Å². The van der Waals surface area contributed by atoms with Crippen molar-refractivity contribution in [3.05, 3.63) is 65.5 Å². The minimum atomic E-state index is -4.45. The third kappa shape index (κ3) is 4.77. The number of alkyl halides is 3. The highest BCUT2D eigenvalue weighted by Crippen LogP contribution is 2.31. The second-order valence-electron chi connectivity index (χ2n) is 6.06. The molecule has 1 heterocycles. The van der Waals surface area contributed by atoms with Crippen LogP contribution in [0, 0.1) is 5.82 Å². The molecule has 0 spiro atoms. The van der Waals surface area contributed by atoms with Crippen molar-refractivity contribution in [1.29, 1.82) is 0 Å². The zero-order chi connectivity index (χ0) is 19.4. The zero-order valence-electron chi connectivity index (χ0n) is 14.2. The van der Waals surface area contributed by atoms with Gasteiger partial charge >= 0.3 is 6.18 Å². The van der Waals surface area contributed by atoms with Crippen LogP contribution < -0.4 is 4.74 Å². The van der Waals surface area contributed by atoms with E-state index in [1.165, 1.54) is 35.2 Å². The first-order chi connectivity index (χ1) is 12.8. The lowest BCUT2D eigenvalue weighted by atomic mass is 10.1. The van der Waals surface area contributed by atoms with Crippen molar-refractivity contribution in [2.24, 2.45) is 0 Å². The molecule has 0 N–H and O–H groups in total. The van der Waals surface area contributed by atoms with Crippen LogP contribution in [0.25, 0.3) is 0 Å². The van der Waals surface area contributed by atoms with Crippen molar-refractivity contribution in [3.8, 4) is 5.75 Å². The third-order valence-corrected chi connectivity index (χ3v) is 4.13. The molecule has 8 heteroatoms. The minimum absolute atomic E-state index is 0.0254. The van der Waals surface area contributed by atoms with Crippen LogP contribution in [0.5, 0.6) is 5.75 Å². The molecule has 0 bridgehead atoms. The largest absolute Gasteiger partial charge is 0.491 e. The Bertz CT molecular complexity index is 810. The lowest BCUT2D eigenvalue weighted by molar-refractivity contribution is -0.137. The Morgan fingerprint density at radius 2 is 1.96 bits per heavy atom. The number of nitrogens with zero attached hydrogens (tertiary/aromatic N) is 1. The summed E-state index contributed by atoms with van der Waals surface area (Å²) in [5.74, 6) is -1.00. The average molecular weight is 383 g/mol. The average Bonchev–Trinajstić information content (AvgIpc) is 2.66. The number of carbonyl (C=O) groups excluding carboxylic acids is 1. The van der Waals surface area contributed by atoms with Crippen LogP contribution in [0.15, 0.2) is 48.5 Å². The van der Waals surface area contributed by atoms with Gasteiger partial charge < -0.3 is 14.4 Å². The maximum atomic E-state index is 13.8. The Balaban J connectivity index is 1.61. The van der Waals surface area contributed by atoms with Crippen molar-refractivity contribution in [2.45, 2.75) is 12.3 Å². The molecule has 2 aromatic rings. The number of ether oxygens (including phenoxy) is 2. The fourth-order valence-corrected chi connectivity index (χ4v) is 2.76. The van der Waals surface area contributed by atoms with Gasteiger partial charge in [-0.05, 0) is 30.3 Å². The predicted octanol–water partition coefficient (Wildman–Crippen LogP) is 3.76. The number of halogens is 4. The normalized spacial score (nSPS) is 17.6. The van der Waals surface area contributed by atoms with Crippen LogP contribution in [0.4, 0.5) is 17.6 Å². The molecule has 1 amide bonds. The van der Waals surface area contributed by atoms with Crippen LogP contribution in [0.2, 0.25) is 0 Å². The SMILES string of the molecule is O=C(c1ccccc1F)N1CCOC(COc2cccc(C(F)(F)F)c2)C1. The highest BCUT2D eigenvalue weighted by Gasteiger charge is 2.31. The molecule has 4 nitrogen and oxygen atoms in total. The summed E-state index contributed by atoms with van der Waals surface area (Å²) in [6.07, 6.45) is -4.98. The number of carbonyl (C=O) groups is 1. The Labute approximate surface area is 153 Å². The van der Waals surface area contributed by atoms with Crippen molar-refractivity contribution in [3.63, 3.8) is 0 Å². The molecule has 0 aliphatic carbocycles. The molecule has 27 heavy (non-hydrogen) atoms. The number of amides is 1. The number of hydrogen-bond donors (Lipinski definition) is 0. The number of morpholine rings is 1. The molecule has 1 saturated heterocycles. The standard InChI is InChI=1S/C19H17F4NO3/c20-17-7-2-1-6-16(17)18(25)24-8-9-26-15(11-24)12-27-14-5-3-4-13(10-14)19(21,22)23/h1-7,10,15H,8-9,11-12H2. The smallest absolute Gasteiger partial charge is 0.416 e. The zero-order valence-corrected chi connectivity index (χ0v) is 14.2. The fraction of sp³-hybridized carbons (Fsp3) is 0.316. The molecule has 0 saturated carbocycles. The van der Waals surface area contributed by atoms with Crippen LogP contribution in [-0.2, 0) is 10.9 Å². The van der Waals surface area contributed by atoms with Crippen LogP contribution in [0.3, 0.4) is 0 Å². The Morgan fingerprint density at radius 1 is 1.19 bits per heavy atom. The summed E-state index contributed by atoms with van der Waals surface area (Å²) in [5, 5.41) is 0. The van der Waals surface area contributed by atoms with Crippen LogP contribution >= 0.6 is 0 Å². The van der Waals surface area contributed by atoms with Crippen LogP contribution in [0.1, 0.15) is 15.9 Å². The summed E-state index contributed by atoms with van der Waals surface area (Å²) >= 11 is 0. The summed E-state index contributed by atoms with van der Waals surface area (Å²) in [5.41, 5.74) is -0.835. The molecule has 1 fully saturated rings. The van der Waals surface area contributed by atoms with E-state index in [1.807, 2.05) is 0 Å². The predicted molar refractivity (Wildman–Crippen MR) is 89.0 cm³/mol. The van der Waals surface area contributed by atoms with E-state index in [9.17, 15) is 22.4 Å². The van der Waals surface area contributed by atoms with Crippen LogP contribution in [-0.4, -0.2) is 43.2 Å². The summed E-state index contributed by atoms with van der Waals surface area (Å²) in [6.45, 7) is 0.665. The van der Waals surface area contributed by atoms with Gasteiger partial charge in [0.15, 0.2) is 0 Å². The molecule has 1 aliphatic rings. The summed E-state index contributed by atoms with van der Waals surface area (Å²) < 4.78 is 62.9. The minimum Gasteiger partial charge on any atom is -0.491 e. The first-order valence-electron chi connectivity index (χ1n) is 8.30. The van der Waals surface area contributed by atoms with Crippen molar-refractivity contribution in [2.75, 3.05) is 26.3 Å². The van der Waals surface area contributed by atoms with Gasteiger partial charge in [0.2, 0.25) is 0 Å². The van der Waals surface area contributed by atoms with Gasteiger partial charge in [-0.15, -0.1) is 0 Å². The van der Waals surface area contributed by atoms with Gasteiger partial charge in [0.25, 0.3) is 5.91 Å². The van der Waals surface area contributed by atoms with E-state index < -0.39 is 29.6 Å². The first kappa shape index (κ1) is 19.2. The van der Waals surface area contributed by atoms with Gasteiger partial charge in [-0.25, -0.2) is 4.39 Å². The molecule has 2 aromatic carbocycles. The number of rotatable bonds is 4. The van der Waals surface area contributed by atoms with E-state index in [0.717, 1.165) is 12.1 Å². The molecule has 1 atom stereocenters. The molecular formula is C19H17F4NO3. The topological polar surface area (TPSA) is 38.8 Å². The summed E-state index contributed by atoms with van der Waals surface area (Å²) in [6, 6.07) is 10.2. The third-order valence-electron chi connectivity index (χ3n) is 4.13. The fourth-order valence-electron chi connectivity index (χ4n) is 2.76. The monoisotopic (exact) mass is 383 g/mol. The van der Waals surface area contributed by atoms with Crippen molar-refractivity contribution < 1.29 is 31.8 Å². The maximum Gasteiger partial charge on any atom is 0.416 e. The van der Waals surface area contributed by atoms with E-state index in [0.29, 0.717) is 6.54 Å². The molecular weight excluding hydrogens is 366 g/mol. The molecule has 1 aliphatic heterocycles. The van der Waals surface area contributed by atoms with Gasteiger partial charge in [0.05, 0.1) is 24.3 Å². The van der Waals surface area contributed by atoms with Crippen molar-refractivity contribution in [1.82, 2.24) is 4.90 Å². The number of hydrogen-bond acceptors (Lipinski definition) is 3. The molecule has 3 rings (SSSR count). The summed E-state index contributed by atoms with van der Waals surface area (Å²) in [4.78, 5) is 13.9. The van der Waals surface area contributed by atoms with E-state index in [2.05, 4.69) is 0 Å².